The molecule has 0 aromatic carbocycles. The van der Waals surface area contributed by atoms with Crippen LogP contribution in [0.4, 0.5) is 0 Å². The van der Waals surface area contributed by atoms with Crippen molar-refractivity contribution in [2.24, 2.45) is 0 Å². The second-order valence-electron chi connectivity index (χ2n) is 1.11. The predicted molar refractivity (Wildman–Crippen MR) is 23.3 cm³/mol. The van der Waals surface area contributed by atoms with Gasteiger partial charge < -0.3 is 0 Å². The fourth-order valence-corrected chi connectivity index (χ4v) is 0.328. The molecule has 0 saturated heterocycles. The molecule has 0 amide bonds. The highest BCUT2D eigenvalue weighted by Crippen LogP contribution is 1.93. The van der Waals surface area contributed by atoms with E-state index in [9.17, 15) is 5.26 Å². The third-order valence-corrected chi connectivity index (χ3v) is 0.617. The Balaban J connectivity index is 2.83. The maximum atomic E-state index is 9.51. The first-order valence-corrected chi connectivity index (χ1v) is 2.00. The van der Waals surface area contributed by atoms with E-state index in [0.29, 0.717) is 0 Å². The summed E-state index contributed by atoms with van der Waals surface area (Å²) in [6.07, 6.45) is 2.86. The lowest BCUT2D eigenvalue weighted by Crippen LogP contribution is -1.86. The molecule has 0 atom stereocenters. The lowest BCUT2D eigenvalue weighted by molar-refractivity contribution is -0.215. The van der Waals surface area contributed by atoms with Crippen molar-refractivity contribution in [2.75, 3.05) is 0 Å². The molecule has 1 heterocycles. The van der Waals surface area contributed by atoms with Gasteiger partial charge in [0, 0.05) is 17.7 Å². The average Bonchev–Trinajstić information content (AvgIpc) is 1.90. The van der Waals surface area contributed by atoms with Crippen molar-refractivity contribution in [2.45, 2.75) is 0 Å². The number of aromatic nitrogens is 2. The van der Waals surface area contributed by atoms with E-state index in [1.54, 1.807) is 6.07 Å². The smallest absolute Gasteiger partial charge is 0.262 e. The number of hydrogen-bond acceptors (Lipinski definition) is 3. The maximum Gasteiger partial charge on any atom is 0.356 e. The first kappa shape index (κ1) is 4.99. The topological polar surface area (TPSA) is 54.9 Å². The predicted octanol–water partition coefficient (Wildman–Crippen LogP) is 0.201. The van der Waals surface area contributed by atoms with Crippen molar-refractivity contribution in [1.82, 2.24) is 9.97 Å². The van der Waals surface area contributed by atoms with Gasteiger partial charge in [-0.2, -0.15) is 0 Å². The van der Waals surface area contributed by atoms with Crippen LogP contribution in [0, 0.1) is 0 Å². The average molecular weight is 111 g/mol. The normalized spacial score (nSPS) is 8.62. The van der Waals surface area contributed by atoms with Crippen LogP contribution < -0.4 is 4.89 Å². The van der Waals surface area contributed by atoms with Gasteiger partial charge in [-0.05, 0) is 6.07 Å². The highest BCUT2D eigenvalue weighted by Gasteiger charge is 1.88. The molecule has 1 rings (SSSR count). The van der Waals surface area contributed by atoms with Gasteiger partial charge in [0.25, 0.3) is 0 Å². The monoisotopic (exact) mass is 111 g/mol. The molecule has 8 heavy (non-hydrogen) atoms. The van der Waals surface area contributed by atoms with Crippen LogP contribution in [0.25, 0.3) is 0 Å². The van der Waals surface area contributed by atoms with Crippen LogP contribution >= 0.6 is 0 Å². The van der Waals surface area contributed by atoms with Crippen LogP contribution in [0.3, 0.4) is 0 Å². The van der Waals surface area contributed by atoms with Gasteiger partial charge >= 0.3 is 6.01 Å². The Hall–Kier alpha value is -1.16. The number of hydrogen-bond donors (Lipinski definition) is 0. The molecule has 0 fully saturated rings. The van der Waals surface area contributed by atoms with Crippen molar-refractivity contribution in [3.05, 3.63) is 18.5 Å². The van der Waals surface area contributed by atoms with Crippen LogP contribution in [0.2, 0.25) is 0 Å². The van der Waals surface area contributed by atoms with Gasteiger partial charge in [-0.25, -0.2) is 9.97 Å². The standard InChI is InChI=1S/C4H3N2O2/c7-8-4-5-2-1-3-6-4/h1-3H. The quantitative estimate of drug-likeness (QED) is 0.384. The van der Waals surface area contributed by atoms with Crippen LogP contribution in [0.1, 0.15) is 0 Å². The Labute approximate surface area is 45.7 Å². The Morgan fingerprint density at radius 3 is 2.38 bits per heavy atom. The molecule has 0 aliphatic carbocycles. The minimum absolute atomic E-state index is 0.146. The summed E-state index contributed by atoms with van der Waals surface area (Å²) < 4.78 is 0. The van der Waals surface area contributed by atoms with Gasteiger partial charge in [-0.1, -0.05) is 0 Å². The molecule has 1 aromatic heterocycles. The Kier molecular flexibility index (Phi) is 1.39. The van der Waals surface area contributed by atoms with Crippen LogP contribution in [0.15, 0.2) is 18.5 Å². The fourth-order valence-electron chi connectivity index (χ4n) is 0.328. The zero-order chi connectivity index (χ0) is 5.82. The molecule has 1 aromatic rings. The second-order valence-corrected chi connectivity index (χ2v) is 1.11. The Morgan fingerprint density at radius 1 is 1.38 bits per heavy atom. The minimum Gasteiger partial charge on any atom is -0.262 e. The Morgan fingerprint density at radius 2 is 2.00 bits per heavy atom. The molecular formula is C4H3N2O2. The fraction of sp³-hybridized carbons (Fsp3) is 0. The van der Waals surface area contributed by atoms with E-state index in [2.05, 4.69) is 14.9 Å². The summed E-state index contributed by atoms with van der Waals surface area (Å²) in [5.41, 5.74) is 0. The van der Waals surface area contributed by atoms with Crippen LogP contribution in [0.5, 0.6) is 6.01 Å². The third-order valence-electron chi connectivity index (χ3n) is 0.617. The molecule has 41 valence electrons. The number of rotatable bonds is 1. The summed E-state index contributed by atoms with van der Waals surface area (Å²) in [7, 11) is 0. The summed E-state index contributed by atoms with van der Waals surface area (Å²) in [4.78, 5) is 10.3. The van der Waals surface area contributed by atoms with Gasteiger partial charge in [0.15, 0.2) is 0 Å². The molecule has 1 radical (unpaired) electrons. The van der Waals surface area contributed by atoms with E-state index in [1.807, 2.05) is 0 Å². The molecule has 0 aliphatic heterocycles. The lowest BCUT2D eigenvalue weighted by Gasteiger charge is -1.85. The molecule has 0 aliphatic rings. The first-order valence-electron chi connectivity index (χ1n) is 2.00. The highest BCUT2D eigenvalue weighted by atomic mass is 17.1. The van der Waals surface area contributed by atoms with Crippen molar-refractivity contribution in [3.63, 3.8) is 0 Å². The summed E-state index contributed by atoms with van der Waals surface area (Å²) in [5.74, 6) is 0. The van der Waals surface area contributed by atoms with Crippen LogP contribution in [-0.2, 0) is 5.26 Å². The van der Waals surface area contributed by atoms with Crippen LogP contribution in [-0.4, -0.2) is 9.97 Å². The van der Waals surface area contributed by atoms with Crippen molar-refractivity contribution in [3.8, 4) is 6.01 Å². The Bertz CT molecular complexity index is 153. The highest BCUT2D eigenvalue weighted by molar-refractivity contribution is 4.91. The van der Waals surface area contributed by atoms with Gasteiger partial charge in [0.05, 0.1) is 0 Å². The van der Waals surface area contributed by atoms with Crippen molar-refractivity contribution >= 4 is 0 Å². The largest absolute Gasteiger partial charge is 0.356 e. The van der Waals surface area contributed by atoms with E-state index in [-0.39, 0.29) is 6.01 Å². The minimum atomic E-state index is -0.146. The van der Waals surface area contributed by atoms with Crippen molar-refractivity contribution < 1.29 is 10.1 Å². The van der Waals surface area contributed by atoms with E-state index in [1.165, 1.54) is 12.4 Å². The van der Waals surface area contributed by atoms with E-state index in [4.69, 9.17) is 0 Å². The molecule has 0 N–H and O–H groups in total. The summed E-state index contributed by atoms with van der Waals surface area (Å²) in [5, 5.41) is 9.51. The van der Waals surface area contributed by atoms with Gasteiger partial charge in [-0.15, -0.1) is 0 Å². The zero-order valence-corrected chi connectivity index (χ0v) is 3.94. The molecule has 0 saturated carbocycles. The molecule has 0 bridgehead atoms. The second kappa shape index (κ2) is 2.23. The zero-order valence-electron chi connectivity index (χ0n) is 3.94. The van der Waals surface area contributed by atoms with E-state index >= 15 is 0 Å². The molecule has 0 unspecified atom stereocenters. The summed E-state index contributed by atoms with van der Waals surface area (Å²) in [6.45, 7) is 0. The first-order chi connectivity index (χ1) is 3.93. The molecular weight excluding hydrogens is 108 g/mol. The van der Waals surface area contributed by atoms with Gasteiger partial charge in [-0.3, -0.25) is 4.89 Å². The molecule has 4 nitrogen and oxygen atoms in total. The summed E-state index contributed by atoms with van der Waals surface area (Å²) in [6, 6.07) is 1.45. The maximum absolute atomic E-state index is 9.51. The number of nitrogens with zero attached hydrogens (tertiary/aromatic N) is 2. The third kappa shape index (κ3) is 0.913. The SMILES string of the molecule is [O]Oc1ncccn1. The summed E-state index contributed by atoms with van der Waals surface area (Å²) >= 11 is 0. The molecule has 4 heteroatoms. The lowest BCUT2D eigenvalue weighted by atomic mass is 10.7. The van der Waals surface area contributed by atoms with Crippen molar-refractivity contribution in [1.29, 1.82) is 0 Å². The van der Waals surface area contributed by atoms with Gasteiger partial charge in [0.2, 0.25) is 0 Å². The van der Waals surface area contributed by atoms with E-state index < -0.39 is 0 Å². The van der Waals surface area contributed by atoms with Gasteiger partial charge in [0.1, 0.15) is 0 Å². The molecule has 0 spiro atoms. The van der Waals surface area contributed by atoms with E-state index in [0.717, 1.165) is 0 Å².